The van der Waals surface area contributed by atoms with Crippen molar-refractivity contribution in [2.75, 3.05) is 13.2 Å². The molecule has 2 fully saturated rings. The highest BCUT2D eigenvalue weighted by molar-refractivity contribution is 5.74. The number of benzene rings is 1. The lowest BCUT2D eigenvalue weighted by atomic mass is 10.0. The van der Waals surface area contributed by atoms with Crippen molar-refractivity contribution in [2.45, 2.75) is 57.1 Å². The lowest BCUT2D eigenvalue weighted by Crippen LogP contribution is -2.47. The Balaban J connectivity index is 1.15. The number of ether oxygens (including phenoxy) is 1. The molecule has 2 amide bonds. The minimum absolute atomic E-state index is 0.00745. The largest absolute Gasteiger partial charge is 0.378 e. The molecule has 1 saturated carbocycles. The Bertz CT molecular complexity index is 560. The van der Waals surface area contributed by atoms with Crippen molar-refractivity contribution < 1.29 is 9.53 Å². The zero-order valence-electron chi connectivity index (χ0n) is 14.3. The van der Waals surface area contributed by atoms with Crippen molar-refractivity contribution in [3.63, 3.8) is 0 Å². The number of rotatable bonds is 5. The SMILES string of the molecule is O=C(NCCC1Cc2ccccc2C1)N[C@@H]1CCO[C@@H](C2CC2)C1. The Morgan fingerprint density at radius 2 is 1.88 bits per heavy atom. The Labute approximate surface area is 144 Å². The van der Waals surface area contributed by atoms with Crippen LogP contribution in [0.3, 0.4) is 0 Å². The molecule has 24 heavy (non-hydrogen) atoms. The highest BCUT2D eigenvalue weighted by Crippen LogP contribution is 2.38. The molecule has 4 heteroatoms. The van der Waals surface area contributed by atoms with Gasteiger partial charge in [0.15, 0.2) is 0 Å². The summed E-state index contributed by atoms with van der Waals surface area (Å²) in [5, 5.41) is 6.20. The van der Waals surface area contributed by atoms with Gasteiger partial charge in [0.25, 0.3) is 0 Å². The highest BCUT2D eigenvalue weighted by atomic mass is 16.5. The molecule has 0 spiro atoms. The summed E-state index contributed by atoms with van der Waals surface area (Å²) in [6.45, 7) is 1.55. The van der Waals surface area contributed by atoms with Gasteiger partial charge >= 0.3 is 6.03 Å². The minimum Gasteiger partial charge on any atom is -0.378 e. The van der Waals surface area contributed by atoms with Gasteiger partial charge in [-0.1, -0.05) is 24.3 Å². The zero-order chi connectivity index (χ0) is 16.4. The molecule has 0 radical (unpaired) electrons. The first kappa shape index (κ1) is 15.9. The van der Waals surface area contributed by atoms with Crippen LogP contribution in [0.5, 0.6) is 0 Å². The van der Waals surface area contributed by atoms with E-state index in [0.29, 0.717) is 12.0 Å². The van der Waals surface area contributed by atoms with Crippen LogP contribution in [0.1, 0.15) is 43.2 Å². The second kappa shape index (κ2) is 7.14. The van der Waals surface area contributed by atoms with Crippen LogP contribution in [0.15, 0.2) is 24.3 Å². The summed E-state index contributed by atoms with van der Waals surface area (Å²) in [5.74, 6) is 1.42. The predicted octanol–water partition coefficient (Wildman–Crippen LogP) is 3.05. The first-order chi connectivity index (χ1) is 11.8. The van der Waals surface area contributed by atoms with E-state index in [9.17, 15) is 4.79 Å². The first-order valence-electron chi connectivity index (χ1n) is 9.50. The maximum Gasteiger partial charge on any atom is 0.315 e. The fourth-order valence-corrected chi connectivity index (χ4v) is 4.24. The molecule has 1 aromatic rings. The third kappa shape index (κ3) is 3.92. The van der Waals surface area contributed by atoms with Gasteiger partial charge in [-0.05, 0) is 67.9 Å². The topological polar surface area (TPSA) is 50.4 Å². The molecule has 3 aliphatic rings. The van der Waals surface area contributed by atoms with Crippen LogP contribution in [-0.4, -0.2) is 31.3 Å². The first-order valence-corrected chi connectivity index (χ1v) is 9.50. The molecule has 1 heterocycles. The van der Waals surface area contributed by atoms with E-state index in [-0.39, 0.29) is 12.1 Å². The molecule has 2 aliphatic carbocycles. The summed E-state index contributed by atoms with van der Waals surface area (Å²) < 4.78 is 5.82. The van der Waals surface area contributed by atoms with Gasteiger partial charge < -0.3 is 15.4 Å². The molecule has 1 aromatic carbocycles. The summed E-state index contributed by atoms with van der Waals surface area (Å²) in [4.78, 5) is 12.1. The van der Waals surface area contributed by atoms with Crippen LogP contribution in [0.2, 0.25) is 0 Å². The molecule has 2 N–H and O–H groups in total. The van der Waals surface area contributed by atoms with E-state index in [0.717, 1.165) is 51.2 Å². The number of carbonyl (C=O) groups is 1. The molecule has 1 saturated heterocycles. The molecule has 0 unspecified atom stereocenters. The van der Waals surface area contributed by atoms with Crippen molar-refractivity contribution in [2.24, 2.45) is 11.8 Å². The van der Waals surface area contributed by atoms with Gasteiger partial charge in [-0.2, -0.15) is 0 Å². The Morgan fingerprint density at radius 1 is 1.12 bits per heavy atom. The fourth-order valence-electron chi connectivity index (χ4n) is 4.24. The van der Waals surface area contributed by atoms with Gasteiger partial charge in [0, 0.05) is 19.2 Å². The quantitative estimate of drug-likeness (QED) is 0.873. The third-order valence-electron chi connectivity index (χ3n) is 5.77. The summed E-state index contributed by atoms with van der Waals surface area (Å²) >= 11 is 0. The summed E-state index contributed by atoms with van der Waals surface area (Å²) in [5.41, 5.74) is 2.97. The molecule has 1 aliphatic heterocycles. The minimum atomic E-state index is -0.00745. The molecule has 4 rings (SSSR count). The van der Waals surface area contributed by atoms with Crippen molar-refractivity contribution in [3.8, 4) is 0 Å². The smallest absolute Gasteiger partial charge is 0.315 e. The van der Waals surface area contributed by atoms with Crippen molar-refractivity contribution in [3.05, 3.63) is 35.4 Å². The van der Waals surface area contributed by atoms with Gasteiger partial charge in [0.1, 0.15) is 0 Å². The third-order valence-corrected chi connectivity index (χ3v) is 5.77. The van der Waals surface area contributed by atoms with Crippen LogP contribution in [-0.2, 0) is 17.6 Å². The van der Waals surface area contributed by atoms with Gasteiger partial charge in [-0.3, -0.25) is 0 Å². The fraction of sp³-hybridized carbons (Fsp3) is 0.650. The predicted molar refractivity (Wildman–Crippen MR) is 94.0 cm³/mol. The van der Waals surface area contributed by atoms with Crippen LogP contribution in [0.25, 0.3) is 0 Å². The standard InChI is InChI=1S/C20H28N2O2/c23-20(22-18-8-10-24-19(13-18)15-5-6-15)21-9-7-14-11-16-3-1-2-4-17(16)12-14/h1-4,14-15,18-19H,5-13H2,(H2,21,22,23)/t18-,19-/m1/s1. The van der Waals surface area contributed by atoms with E-state index < -0.39 is 0 Å². The highest BCUT2D eigenvalue weighted by Gasteiger charge is 2.36. The maximum atomic E-state index is 12.1. The monoisotopic (exact) mass is 328 g/mol. The second-order valence-corrected chi connectivity index (χ2v) is 7.70. The Hall–Kier alpha value is -1.55. The number of urea groups is 1. The van der Waals surface area contributed by atoms with Crippen molar-refractivity contribution >= 4 is 6.03 Å². The second-order valence-electron chi connectivity index (χ2n) is 7.70. The molecule has 0 bridgehead atoms. The Morgan fingerprint density at radius 3 is 2.58 bits per heavy atom. The average molecular weight is 328 g/mol. The van der Waals surface area contributed by atoms with E-state index in [1.165, 1.54) is 24.0 Å². The van der Waals surface area contributed by atoms with Gasteiger partial charge in [-0.15, -0.1) is 0 Å². The maximum absolute atomic E-state index is 12.1. The number of amides is 2. The van der Waals surface area contributed by atoms with Gasteiger partial charge in [0.05, 0.1) is 6.10 Å². The van der Waals surface area contributed by atoms with E-state index in [1.54, 1.807) is 0 Å². The van der Waals surface area contributed by atoms with Crippen LogP contribution in [0, 0.1) is 11.8 Å². The normalized spacial score (nSPS) is 26.8. The Kier molecular flexibility index (Phi) is 4.74. The van der Waals surface area contributed by atoms with Crippen LogP contribution in [0.4, 0.5) is 4.79 Å². The van der Waals surface area contributed by atoms with E-state index in [1.807, 2.05) is 0 Å². The van der Waals surface area contributed by atoms with E-state index >= 15 is 0 Å². The van der Waals surface area contributed by atoms with Crippen molar-refractivity contribution in [1.82, 2.24) is 10.6 Å². The van der Waals surface area contributed by atoms with Gasteiger partial charge in [0.2, 0.25) is 0 Å². The van der Waals surface area contributed by atoms with E-state index in [2.05, 4.69) is 34.9 Å². The van der Waals surface area contributed by atoms with E-state index in [4.69, 9.17) is 4.74 Å². The number of fused-ring (bicyclic) bond motifs is 1. The molecule has 130 valence electrons. The molecule has 4 nitrogen and oxygen atoms in total. The lowest BCUT2D eigenvalue weighted by Gasteiger charge is -2.30. The number of nitrogens with one attached hydrogen (secondary N) is 2. The molecular weight excluding hydrogens is 300 g/mol. The molecular formula is C20H28N2O2. The number of hydrogen-bond donors (Lipinski definition) is 2. The lowest BCUT2D eigenvalue weighted by molar-refractivity contribution is -0.00913. The number of carbonyl (C=O) groups excluding carboxylic acids is 1. The zero-order valence-corrected chi connectivity index (χ0v) is 14.3. The van der Waals surface area contributed by atoms with Crippen LogP contribution < -0.4 is 10.6 Å². The van der Waals surface area contributed by atoms with Gasteiger partial charge in [-0.25, -0.2) is 4.79 Å². The molecule has 0 aromatic heterocycles. The van der Waals surface area contributed by atoms with Crippen molar-refractivity contribution in [1.29, 1.82) is 0 Å². The number of hydrogen-bond acceptors (Lipinski definition) is 2. The summed E-state index contributed by atoms with van der Waals surface area (Å²) in [6, 6.07) is 8.98. The van der Waals surface area contributed by atoms with Crippen LogP contribution >= 0.6 is 0 Å². The summed E-state index contributed by atoms with van der Waals surface area (Å²) in [6.07, 6.45) is 8.26. The molecule has 2 atom stereocenters. The average Bonchev–Trinajstić information content (AvgIpc) is 3.35. The summed E-state index contributed by atoms with van der Waals surface area (Å²) in [7, 11) is 0.